The molecule has 0 spiro atoms. The summed E-state index contributed by atoms with van der Waals surface area (Å²) in [6, 6.07) is 4.09. The predicted octanol–water partition coefficient (Wildman–Crippen LogP) is 3.02. The van der Waals surface area contributed by atoms with Crippen LogP contribution in [0.4, 0.5) is 0 Å². The lowest BCUT2D eigenvalue weighted by Gasteiger charge is -2.38. The molecular formula is C17H28ClIN4OS. The number of thiophene rings is 1. The highest BCUT2D eigenvalue weighted by Gasteiger charge is 2.34. The third-order valence-electron chi connectivity index (χ3n) is 4.82. The molecule has 0 atom stereocenters. The van der Waals surface area contributed by atoms with Gasteiger partial charge in [-0.05, 0) is 38.3 Å². The van der Waals surface area contributed by atoms with Gasteiger partial charge in [-0.25, -0.2) is 0 Å². The van der Waals surface area contributed by atoms with Crippen molar-refractivity contribution in [3.05, 3.63) is 21.3 Å². The third kappa shape index (κ3) is 5.95. The van der Waals surface area contributed by atoms with Crippen LogP contribution in [-0.4, -0.2) is 65.7 Å². The summed E-state index contributed by atoms with van der Waals surface area (Å²) in [5.41, 5.74) is -0.555. The average molecular weight is 499 g/mol. The van der Waals surface area contributed by atoms with E-state index in [1.165, 1.54) is 4.88 Å². The Hall–Kier alpha value is -0.0900. The Morgan fingerprint density at radius 3 is 2.56 bits per heavy atom. The van der Waals surface area contributed by atoms with Crippen LogP contribution in [0.5, 0.6) is 0 Å². The molecule has 0 unspecified atom stereocenters. The maximum absolute atomic E-state index is 10.3. The average Bonchev–Trinajstić information content (AvgIpc) is 2.95. The largest absolute Gasteiger partial charge is 0.388 e. The van der Waals surface area contributed by atoms with Crippen LogP contribution < -0.4 is 5.32 Å². The lowest BCUT2D eigenvalue weighted by Crippen LogP contribution is -2.52. The van der Waals surface area contributed by atoms with E-state index in [0.29, 0.717) is 6.54 Å². The van der Waals surface area contributed by atoms with Crippen LogP contribution in [0.25, 0.3) is 0 Å². The zero-order valence-corrected chi connectivity index (χ0v) is 18.6. The molecule has 2 fully saturated rings. The molecule has 1 aliphatic heterocycles. The number of hydrogen-bond acceptors (Lipinski definition) is 4. The number of aliphatic hydroxyl groups is 1. The van der Waals surface area contributed by atoms with Crippen LogP contribution in [-0.2, 0) is 6.54 Å². The summed E-state index contributed by atoms with van der Waals surface area (Å²) in [6.45, 7) is 8.39. The van der Waals surface area contributed by atoms with Crippen molar-refractivity contribution in [1.29, 1.82) is 0 Å². The van der Waals surface area contributed by atoms with Crippen LogP contribution >= 0.6 is 46.9 Å². The standard InChI is InChI=1S/C17H27ClN4OS.HI/c1-2-19-16(20-13-17(23)6-3-7-17)22-10-8-21(9-11-22)12-14-4-5-15(18)24-14;/h4-5,23H,2-3,6-13H2,1H3,(H,19,20);1H. The number of halogens is 2. The molecule has 0 amide bonds. The lowest BCUT2D eigenvalue weighted by atomic mass is 9.80. The molecule has 5 nitrogen and oxygen atoms in total. The Morgan fingerprint density at radius 2 is 2.04 bits per heavy atom. The van der Waals surface area contributed by atoms with Gasteiger partial charge >= 0.3 is 0 Å². The molecule has 1 aliphatic carbocycles. The zero-order chi connectivity index (χ0) is 17.0. The molecular weight excluding hydrogens is 471 g/mol. The molecule has 0 aromatic carbocycles. The van der Waals surface area contributed by atoms with Crippen molar-refractivity contribution in [3.63, 3.8) is 0 Å². The molecule has 1 saturated heterocycles. The van der Waals surface area contributed by atoms with Crippen molar-refractivity contribution in [1.82, 2.24) is 15.1 Å². The maximum Gasteiger partial charge on any atom is 0.194 e. The number of nitrogens with one attached hydrogen (secondary N) is 1. The van der Waals surface area contributed by atoms with Gasteiger partial charge in [0, 0.05) is 44.1 Å². The smallest absolute Gasteiger partial charge is 0.194 e. The van der Waals surface area contributed by atoms with E-state index in [9.17, 15) is 5.11 Å². The van der Waals surface area contributed by atoms with Gasteiger partial charge in [0.1, 0.15) is 0 Å². The molecule has 2 aliphatic rings. The number of piperazine rings is 1. The highest BCUT2D eigenvalue weighted by atomic mass is 127. The van der Waals surface area contributed by atoms with Gasteiger partial charge in [-0.2, -0.15) is 0 Å². The monoisotopic (exact) mass is 498 g/mol. The fourth-order valence-corrected chi connectivity index (χ4v) is 4.30. The van der Waals surface area contributed by atoms with Crippen LogP contribution in [0, 0.1) is 0 Å². The minimum Gasteiger partial charge on any atom is -0.388 e. The first-order chi connectivity index (χ1) is 11.6. The fraction of sp³-hybridized carbons (Fsp3) is 0.706. The second kappa shape index (κ2) is 9.73. The molecule has 1 saturated carbocycles. The van der Waals surface area contributed by atoms with E-state index in [-0.39, 0.29) is 24.0 Å². The Kier molecular flexibility index (Phi) is 8.26. The number of nitrogens with zero attached hydrogens (tertiary/aromatic N) is 3. The molecule has 2 heterocycles. The summed E-state index contributed by atoms with van der Waals surface area (Å²) in [5, 5.41) is 13.6. The van der Waals surface area contributed by atoms with Crippen molar-refractivity contribution in [2.75, 3.05) is 39.3 Å². The summed E-state index contributed by atoms with van der Waals surface area (Å²) < 4.78 is 0.860. The van der Waals surface area contributed by atoms with E-state index in [4.69, 9.17) is 16.6 Å². The van der Waals surface area contributed by atoms with Gasteiger partial charge in [0.2, 0.25) is 0 Å². The molecule has 0 bridgehead atoms. The van der Waals surface area contributed by atoms with E-state index >= 15 is 0 Å². The Bertz CT molecular complexity index is 571. The van der Waals surface area contributed by atoms with Crippen LogP contribution in [0.2, 0.25) is 4.34 Å². The van der Waals surface area contributed by atoms with Gasteiger partial charge in [-0.3, -0.25) is 9.89 Å². The van der Waals surface area contributed by atoms with E-state index in [1.807, 2.05) is 6.07 Å². The molecule has 25 heavy (non-hydrogen) atoms. The predicted molar refractivity (Wildman–Crippen MR) is 116 cm³/mol. The lowest BCUT2D eigenvalue weighted by molar-refractivity contribution is -0.0238. The second-order valence-electron chi connectivity index (χ2n) is 6.72. The molecule has 2 N–H and O–H groups in total. The molecule has 142 valence electrons. The summed E-state index contributed by atoms with van der Waals surface area (Å²) in [5.74, 6) is 0.941. The molecule has 1 aromatic rings. The Morgan fingerprint density at radius 1 is 1.32 bits per heavy atom. The van der Waals surface area contributed by atoms with Crippen LogP contribution in [0.15, 0.2) is 17.1 Å². The minimum atomic E-state index is -0.555. The number of hydrogen-bond donors (Lipinski definition) is 2. The van der Waals surface area contributed by atoms with Crippen LogP contribution in [0.3, 0.4) is 0 Å². The Balaban J connectivity index is 0.00000225. The number of guanidine groups is 1. The van der Waals surface area contributed by atoms with E-state index in [1.54, 1.807) is 11.3 Å². The van der Waals surface area contributed by atoms with E-state index in [2.05, 4.69) is 28.1 Å². The first-order valence-corrected chi connectivity index (χ1v) is 10.00. The van der Waals surface area contributed by atoms with Gasteiger partial charge in [0.25, 0.3) is 0 Å². The number of aliphatic imine (C=N–C) groups is 1. The normalized spacial score (nSPS) is 20.8. The van der Waals surface area contributed by atoms with Crippen molar-refractivity contribution >= 4 is 52.9 Å². The summed E-state index contributed by atoms with van der Waals surface area (Å²) in [6.07, 6.45) is 2.88. The number of rotatable bonds is 5. The highest BCUT2D eigenvalue weighted by molar-refractivity contribution is 14.0. The van der Waals surface area contributed by atoms with Gasteiger partial charge < -0.3 is 15.3 Å². The van der Waals surface area contributed by atoms with Crippen LogP contribution in [0.1, 0.15) is 31.1 Å². The zero-order valence-electron chi connectivity index (χ0n) is 14.7. The summed E-state index contributed by atoms with van der Waals surface area (Å²) >= 11 is 7.68. The minimum absolute atomic E-state index is 0. The SMILES string of the molecule is CCNC(=NCC1(O)CCC1)N1CCN(Cc2ccc(Cl)s2)CC1.I. The van der Waals surface area contributed by atoms with E-state index in [0.717, 1.165) is 68.8 Å². The molecule has 1 aromatic heterocycles. The van der Waals surface area contributed by atoms with Crippen molar-refractivity contribution in [2.24, 2.45) is 4.99 Å². The highest BCUT2D eigenvalue weighted by Crippen LogP contribution is 2.31. The quantitative estimate of drug-likeness (QED) is 0.372. The van der Waals surface area contributed by atoms with Gasteiger partial charge in [0.15, 0.2) is 5.96 Å². The van der Waals surface area contributed by atoms with Gasteiger partial charge in [-0.15, -0.1) is 35.3 Å². The van der Waals surface area contributed by atoms with Gasteiger partial charge in [-0.1, -0.05) is 11.6 Å². The first kappa shape index (κ1) is 21.2. The van der Waals surface area contributed by atoms with Crippen molar-refractivity contribution in [2.45, 2.75) is 38.3 Å². The maximum atomic E-state index is 10.3. The van der Waals surface area contributed by atoms with E-state index < -0.39 is 5.60 Å². The molecule has 8 heteroatoms. The van der Waals surface area contributed by atoms with Crippen molar-refractivity contribution in [3.8, 4) is 0 Å². The second-order valence-corrected chi connectivity index (χ2v) is 8.52. The topological polar surface area (TPSA) is 51.1 Å². The molecule has 0 radical (unpaired) electrons. The van der Waals surface area contributed by atoms with Gasteiger partial charge in [0.05, 0.1) is 16.5 Å². The first-order valence-electron chi connectivity index (χ1n) is 8.80. The summed E-state index contributed by atoms with van der Waals surface area (Å²) in [7, 11) is 0. The third-order valence-corrected chi connectivity index (χ3v) is 6.04. The Labute approximate surface area is 176 Å². The van der Waals surface area contributed by atoms with Crippen molar-refractivity contribution < 1.29 is 5.11 Å². The summed E-state index contributed by atoms with van der Waals surface area (Å²) in [4.78, 5) is 10.8. The fourth-order valence-electron chi connectivity index (χ4n) is 3.17. The molecule has 3 rings (SSSR count).